The van der Waals surface area contributed by atoms with Crippen LogP contribution in [-0.2, 0) is 15.1 Å². The number of hydrogen-bond donors (Lipinski definition) is 2. The maximum absolute atomic E-state index is 13.1. The number of benzene rings is 3. The first-order valence-electron chi connectivity index (χ1n) is 11.1. The summed E-state index contributed by atoms with van der Waals surface area (Å²) in [5, 5.41) is 22.5. The van der Waals surface area contributed by atoms with E-state index in [0.717, 1.165) is 21.5 Å². The molecule has 7 heteroatoms. The van der Waals surface area contributed by atoms with Crippen LogP contribution in [0.1, 0.15) is 58.2 Å². The van der Waals surface area contributed by atoms with E-state index in [1.54, 1.807) is 75.4 Å². The van der Waals surface area contributed by atoms with Gasteiger partial charge < -0.3 is 19.7 Å². The second-order valence-corrected chi connectivity index (χ2v) is 14.7. The van der Waals surface area contributed by atoms with Gasteiger partial charge in [0.2, 0.25) is 0 Å². The van der Waals surface area contributed by atoms with Crippen molar-refractivity contribution in [3.8, 4) is 11.5 Å². The Bertz CT molecular complexity index is 1330. The van der Waals surface area contributed by atoms with E-state index in [2.05, 4.69) is 13.1 Å². The van der Waals surface area contributed by atoms with Crippen LogP contribution in [0.4, 0.5) is 0 Å². The Hall–Kier alpha value is -3.58. The van der Waals surface area contributed by atoms with Crippen LogP contribution in [0, 0.1) is 0 Å². The van der Waals surface area contributed by atoms with Gasteiger partial charge in [-0.1, -0.05) is 25.2 Å². The lowest BCUT2D eigenvalue weighted by Crippen LogP contribution is -2.63. The second kappa shape index (κ2) is 6.96. The van der Waals surface area contributed by atoms with E-state index in [1.165, 1.54) is 0 Å². The van der Waals surface area contributed by atoms with Crippen molar-refractivity contribution >= 4 is 30.4 Å². The highest BCUT2D eigenvalue weighted by Gasteiger charge is 2.56. The summed E-state index contributed by atoms with van der Waals surface area (Å²) in [6.45, 7) is 9.65. The van der Waals surface area contributed by atoms with Crippen molar-refractivity contribution in [1.82, 2.24) is 0 Å². The standard InChI is InChI=1S/C27H26O6Si/c1-26(2,3)32-24(30)15-6-9-18-21(12-15)27(33-25(18)31)19-10-7-16(28)13-22(19)34(4,5)23-14-17(29)8-11-20(23)27/h6-14,28-29H,1-5H3. The lowest BCUT2D eigenvalue weighted by molar-refractivity contribution is 0.00692. The molecule has 34 heavy (non-hydrogen) atoms. The van der Waals surface area contributed by atoms with Crippen molar-refractivity contribution in [3.05, 3.63) is 82.4 Å². The Labute approximate surface area is 198 Å². The predicted molar refractivity (Wildman–Crippen MR) is 130 cm³/mol. The number of ether oxygens (including phenoxy) is 2. The number of phenols is 2. The maximum Gasteiger partial charge on any atom is 0.340 e. The van der Waals surface area contributed by atoms with Gasteiger partial charge in [0.1, 0.15) is 25.2 Å². The van der Waals surface area contributed by atoms with Crippen LogP contribution < -0.4 is 10.4 Å². The highest BCUT2D eigenvalue weighted by Crippen LogP contribution is 2.49. The molecule has 3 aromatic carbocycles. The quantitative estimate of drug-likeness (QED) is 0.413. The molecule has 3 aromatic rings. The number of carbonyl (C=O) groups is 2. The van der Waals surface area contributed by atoms with E-state index in [9.17, 15) is 19.8 Å². The fourth-order valence-corrected chi connectivity index (χ4v) is 8.30. The molecule has 0 unspecified atom stereocenters. The van der Waals surface area contributed by atoms with Gasteiger partial charge in [0.05, 0.1) is 11.1 Å². The van der Waals surface area contributed by atoms with Crippen LogP contribution in [0.2, 0.25) is 13.1 Å². The topological polar surface area (TPSA) is 93.1 Å². The zero-order valence-corrected chi connectivity index (χ0v) is 20.7. The zero-order chi connectivity index (χ0) is 24.6. The number of aromatic hydroxyl groups is 2. The van der Waals surface area contributed by atoms with Crippen LogP contribution in [0.5, 0.6) is 11.5 Å². The fourth-order valence-electron chi connectivity index (χ4n) is 5.13. The van der Waals surface area contributed by atoms with Crippen LogP contribution in [0.25, 0.3) is 0 Å². The predicted octanol–water partition coefficient (Wildman–Crippen LogP) is 3.65. The number of rotatable bonds is 1. The third-order valence-electron chi connectivity index (χ3n) is 6.61. The molecule has 0 fully saturated rings. The van der Waals surface area contributed by atoms with Crippen molar-refractivity contribution in [3.63, 3.8) is 0 Å². The Kier molecular flexibility index (Phi) is 4.55. The number of fused-ring (bicyclic) bond motifs is 6. The molecule has 0 saturated heterocycles. The van der Waals surface area contributed by atoms with Gasteiger partial charge in [-0.25, -0.2) is 9.59 Å². The minimum atomic E-state index is -2.40. The number of esters is 2. The summed E-state index contributed by atoms with van der Waals surface area (Å²) in [7, 11) is -2.40. The normalized spacial score (nSPS) is 16.9. The van der Waals surface area contributed by atoms with E-state index in [-0.39, 0.29) is 11.5 Å². The van der Waals surface area contributed by atoms with Gasteiger partial charge in [0, 0.05) is 16.7 Å². The van der Waals surface area contributed by atoms with Gasteiger partial charge in [-0.2, -0.15) is 0 Å². The van der Waals surface area contributed by atoms with E-state index < -0.39 is 31.2 Å². The summed E-state index contributed by atoms with van der Waals surface area (Å²) in [6, 6.07) is 15.0. The molecule has 0 aromatic heterocycles. The summed E-state index contributed by atoms with van der Waals surface area (Å²) >= 11 is 0. The molecule has 0 bridgehead atoms. The van der Waals surface area contributed by atoms with E-state index in [0.29, 0.717) is 16.7 Å². The highest BCUT2D eigenvalue weighted by molar-refractivity contribution is 7.01. The molecule has 0 aliphatic carbocycles. The van der Waals surface area contributed by atoms with Crippen molar-refractivity contribution in [2.45, 2.75) is 45.1 Å². The first-order valence-corrected chi connectivity index (χ1v) is 14.1. The van der Waals surface area contributed by atoms with Crippen LogP contribution >= 0.6 is 0 Å². The van der Waals surface area contributed by atoms with Crippen LogP contribution in [0.15, 0.2) is 54.6 Å². The summed E-state index contributed by atoms with van der Waals surface area (Å²) in [6.07, 6.45) is 0. The third-order valence-corrected chi connectivity index (χ3v) is 10.1. The fraction of sp³-hybridized carbons (Fsp3) is 0.259. The van der Waals surface area contributed by atoms with Crippen molar-refractivity contribution in [1.29, 1.82) is 0 Å². The first-order chi connectivity index (χ1) is 15.8. The molecule has 1 spiro atoms. The van der Waals surface area contributed by atoms with Gasteiger partial charge in [-0.05, 0) is 73.6 Å². The largest absolute Gasteiger partial charge is 0.508 e. The Morgan fingerprint density at radius 1 is 0.882 bits per heavy atom. The third kappa shape index (κ3) is 3.07. The Morgan fingerprint density at radius 2 is 1.44 bits per heavy atom. The number of phenolic OH excluding ortho intramolecular Hbond substituents is 2. The lowest BCUT2D eigenvalue weighted by Gasteiger charge is -2.43. The highest BCUT2D eigenvalue weighted by atomic mass is 28.3. The van der Waals surface area contributed by atoms with Gasteiger partial charge in [0.15, 0.2) is 5.60 Å². The molecule has 2 aliphatic rings. The average Bonchev–Trinajstić information content (AvgIpc) is 3.04. The maximum atomic E-state index is 13.1. The van der Waals surface area contributed by atoms with Crippen molar-refractivity contribution in [2.24, 2.45) is 0 Å². The van der Waals surface area contributed by atoms with E-state index in [1.807, 2.05) is 0 Å². The molecular formula is C27H26O6Si. The van der Waals surface area contributed by atoms with E-state index in [4.69, 9.17) is 9.47 Å². The first kappa shape index (κ1) is 22.2. The molecule has 6 nitrogen and oxygen atoms in total. The molecule has 0 atom stereocenters. The van der Waals surface area contributed by atoms with Gasteiger partial charge in [0.25, 0.3) is 0 Å². The van der Waals surface area contributed by atoms with E-state index >= 15 is 0 Å². The summed E-state index contributed by atoms with van der Waals surface area (Å²) in [4.78, 5) is 26.0. The number of hydrogen-bond acceptors (Lipinski definition) is 6. The second-order valence-electron chi connectivity index (χ2n) is 10.4. The van der Waals surface area contributed by atoms with Gasteiger partial charge in [-0.3, -0.25) is 0 Å². The molecule has 2 heterocycles. The lowest BCUT2D eigenvalue weighted by atomic mass is 9.78. The summed E-state index contributed by atoms with van der Waals surface area (Å²) < 4.78 is 11.8. The molecule has 174 valence electrons. The molecule has 0 amide bonds. The minimum Gasteiger partial charge on any atom is -0.508 e. The molecule has 0 radical (unpaired) electrons. The smallest absolute Gasteiger partial charge is 0.340 e. The molecule has 0 saturated carbocycles. The molecule has 2 N–H and O–H groups in total. The van der Waals surface area contributed by atoms with Gasteiger partial charge >= 0.3 is 11.9 Å². The van der Waals surface area contributed by atoms with Crippen molar-refractivity contribution in [2.75, 3.05) is 0 Å². The van der Waals surface area contributed by atoms with Gasteiger partial charge in [-0.15, -0.1) is 0 Å². The Balaban J connectivity index is 1.83. The Morgan fingerprint density at radius 3 is 1.97 bits per heavy atom. The molecule has 5 rings (SSSR count). The van der Waals surface area contributed by atoms with Crippen LogP contribution in [-0.4, -0.2) is 35.8 Å². The molecular weight excluding hydrogens is 448 g/mol. The number of carbonyl (C=O) groups excluding carboxylic acids is 2. The SMILES string of the molecule is CC(C)(C)OC(=O)c1ccc2c(c1)C1(OC2=O)c2ccc(O)cc2[Si](C)(C)c2cc(O)ccc21. The summed E-state index contributed by atoms with van der Waals surface area (Å²) in [5.74, 6) is -0.757. The van der Waals surface area contributed by atoms with Crippen LogP contribution in [0.3, 0.4) is 0 Å². The summed E-state index contributed by atoms with van der Waals surface area (Å²) in [5.41, 5.74) is 0.764. The molecule has 2 aliphatic heterocycles. The monoisotopic (exact) mass is 474 g/mol. The minimum absolute atomic E-state index is 0.116. The average molecular weight is 475 g/mol. The van der Waals surface area contributed by atoms with Crippen molar-refractivity contribution < 1.29 is 29.3 Å². The zero-order valence-electron chi connectivity index (χ0n) is 19.7.